The third-order valence-electron chi connectivity index (χ3n) is 5.43. The normalized spacial score (nSPS) is 10.9. The van der Waals surface area contributed by atoms with Crippen LogP contribution >= 0.6 is 0 Å². The molecule has 150 valence electrons. The Hall–Kier alpha value is -3.86. The molecule has 0 saturated carbocycles. The topological polar surface area (TPSA) is 73.8 Å². The molecule has 0 bridgehead atoms. The maximum Gasteiger partial charge on any atom is 0.289 e. The largest absolute Gasteiger partial charge is 0.497 e. The van der Waals surface area contributed by atoms with Gasteiger partial charge in [-0.15, -0.1) is 0 Å². The van der Waals surface area contributed by atoms with Crippen LogP contribution in [0.4, 0.5) is 0 Å². The van der Waals surface area contributed by atoms with Crippen molar-refractivity contribution in [2.24, 2.45) is 5.73 Å². The SMILES string of the molecule is COc1ccn2c(Cc3ccccc3-c3ccccc3)c(C)c(C(=O)C(N)=O)c2c1. The van der Waals surface area contributed by atoms with E-state index in [0.717, 1.165) is 27.9 Å². The lowest BCUT2D eigenvalue weighted by molar-refractivity contribution is -0.114. The monoisotopic (exact) mass is 398 g/mol. The molecule has 0 unspecified atom stereocenters. The maximum atomic E-state index is 12.6. The van der Waals surface area contributed by atoms with Crippen molar-refractivity contribution in [2.75, 3.05) is 7.11 Å². The van der Waals surface area contributed by atoms with E-state index >= 15 is 0 Å². The number of ketones is 1. The molecule has 0 atom stereocenters. The Kier molecular flexibility index (Phi) is 5.11. The second kappa shape index (κ2) is 7.87. The number of ether oxygens (including phenoxy) is 1. The van der Waals surface area contributed by atoms with E-state index in [0.29, 0.717) is 23.3 Å². The maximum absolute atomic E-state index is 12.6. The van der Waals surface area contributed by atoms with Gasteiger partial charge in [0, 0.05) is 24.4 Å². The minimum atomic E-state index is -0.968. The van der Waals surface area contributed by atoms with Crippen molar-refractivity contribution in [2.45, 2.75) is 13.3 Å². The van der Waals surface area contributed by atoms with Crippen LogP contribution in [-0.2, 0) is 11.2 Å². The van der Waals surface area contributed by atoms with Gasteiger partial charge in [0.15, 0.2) is 0 Å². The number of hydrogen-bond acceptors (Lipinski definition) is 3. The highest BCUT2D eigenvalue weighted by Crippen LogP contribution is 2.31. The Bertz CT molecular complexity index is 1260. The number of primary amides is 1. The summed E-state index contributed by atoms with van der Waals surface area (Å²) in [5.74, 6) is -1.06. The number of carbonyl (C=O) groups is 2. The average Bonchev–Trinajstić information content (AvgIpc) is 3.04. The van der Waals surface area contributed by atoms with Crippen LogP contribution in [-0.4, -0.2) is 23.2 Å². The third kappa shape index (κ3) is 3.35. The van der Waals surface area contributed by atoms with Crippen LogP contribution in [0.1, 0.15) is 27.2 Å². The molecule has 0 spiro atoms. The fourth-order valence-electron chi connectivity index (χ4n) is 3.93. The first-order valence-corrected chi connectivity index (χ1v) is 9.66. The summed E-state index contributed by atoms with van der Waals surface area (Å²) in [5.41, 5.74) is 11.3. The van der Waals surface area contributed by atoms with Crippen molar-refractivity contribution in [3.05, 3.63) is 95.3 Å². The molecule has 1 amide bonds. The number of carbonyl (C=O) groups excluding carboxylic acids is 2. The van der Waals surface area contributed by atoms with E-state index < -0.39 is 11.7 Å². The zero-order valence-electron chi connectivity index (χ0n) is 16.9. The van der Waals surface area contributed by atoms with Gasteiger partial charge in [-0.05, 0) is 35.2 Å². The number of hydrogen-bond donors (Lipinski definition) is 1. The fourth-order valence-corrected chi connectivity index (χ4v) is 3.93. The fraction of sp³-hybridized carbons (Fsp3) is 0.120. The van der Waals surface area contributed by atoms with E-state index in [2.05, 4.69) is 24.3 Å². The lowest BCUT2D eigenvalue weighted by Crippen LogP contribution is -2.23. The number of benzene rings is 2. The molecular weight excluding hydrogens is 376 g/mol. The Morgan fingerprint density at radius 1 is 1.00 bits per heavy atom. The molecule has 2 aromatic heterocycles. The standard InChI is InChI=1S/C25H22N2O3/c1-16-21(14-18-10-6-7-11-20(18)17-8-4-3-5-9-17)27-13-12-19(30-2)15-22(27)23(16)24(28)25(26)29/h3-13,15H,14H2,1-2H3,(H2,26,29). The first-order chi connectivity index (χ1) is 14.5. The Morgan fingerprint density at radius 2 is 1.70 bits per heavy atom. The second-order valence-electron chi connectivity index (χ2n) is 7.16. The minimum absolute atomic E-state index is 0.327. The lowest BCUT2D eigenvalue weighted by Gasteiger charge is -2.11. The molecule has 0 radical (unpaired) electrons. The summed E-state index contributed by atoms with van der Waals surface area (Å²) < 4.78 is 7.26. The Balaban J connectivity index is 1.90. The number of pyridine rings is 1. The van der Waals surface area contributed by atoms with Crippen molar-refractivity contribution < 1.29 is 14.3 Å². The molecule has 2 N–H and O–H groups in total. The molecule has 0 saturated heterocycles. The van der Waals surface area contributed by atoms with Crippen LogP contribution in [0.25, 0.3) is 16.6 Å². The number of fused-ring (bicyclic) bond motifs is 1. The molecule has 5 nitrogen and oxygen atoms in total. The van der Waals surface area contributed by atoms with Crippen molar-refractivity contribution in [1.29, 1.82) is 0 Å². The van der Waals surface area contributed by atoms with Gasteiger partial charge in [0.05, 0.1) is 18.2 Å². The van der Waals surface area contributed by atoms with Crippen LogP contribution in [0.5, 0.6) is 5.75 Å². The van der Waals surface area contributed by atoms with Crippen molar-refractivity contribution in [3.8, 4) is 16.9 Å². The molecule has 5 heteroatoms. The van der Waals surface area contributed by atoms with Gasteiger partial charge in [-0.3, -0.25) is 9.59 Å². The smallest absolute Gasteiger partial charge is 0.289 e. The molecule has 0 aliphatic carbocycles. The van der Waals surface area contributed by atoms with Gasteiger partial charge < -0.3 is 14.9 Å². The van der Waals surface area contributed by atoms with Gasteiger partial charge in [-0.1, -0.05) is 54.6 Å². The zero-order chi connectivity index (χ0) is 21.3. The summed E-state index contributed by atoms with van der Waals surface area (Å²) in [6.07, 6.45) is 2.45. The van der Waals surface area contributed by atoms with Gasteiger partial charge in [-0.25, -0.2) is 0 Å². The van der Waals surface area contributed by atoms with E-state index in [-0.39, 0.29) is 0 Å². The first kappa shape index (κ1) is 19.5. The molecule has 2 heterocycles. The summed E-state index contributed by atoms with van der Waals surface area (Å²) in [4.78, 5) is 24.3. The van der Waals surface area contributed by atoms with Crippen molar-refractivity contribution in [1.82, 2.24) is 4.40 Å². The van der Waals surface area contributed by atoms with E-state index in [1.54, 1.807) is 13.2 Å². The number of nitrogens with zero attached hydrogens (tertiary/aromatic N) is 1. The van der Waals surface area contributed by atoms with Gasteiger partial charge in [0.2, 0.25) is 0 Å². The molecule has 4 aromatic rings. The van der Waals surface area contributed by atoms with E-state index in [1.165, 1.54) is 0 Å². The number of rotatable bonds is 6. The summed E-state index contributed by atoms with van der Waals surface area (Å²) in [6, 6.07) is 22.0. The van der Waals surface area contributed by atoms with Crippen LogP contribution in [0.3, 0.4) is 0 Å². The highest BCUT2D eigenvalue weighted by Gasteiger charge is 2.24. The average molecular weight is 398 g/mol. The van der Waals surface area contributed by atoms with E-state index in [9.17, 15) is 9.59 Å². The van der Waals surface area contributed by atoms with Gasteiger partial charge >= 0.3 is 0 Å². The number of Topliss-reactive ketones (excluding diaryl/α,β-unsaturated/α-hetero) is 1. The predicted molar refractivity (Wildman–Crippen MR) is 117 cm³/mol. The van der Waals surface area contributed by atoms with Crippen molar-refractivity contribution in [3.63, 3.8) is 0 Å². The third-order valence-corrected chi connectivity index (χ3v) is 5.43. The van der Waals surface area contributed by atoms with Crippen LogP contribution in [0.15, 0.2) is 72.9 Å². The first-order valence-electron chi connectivity index (χ1n) is 9.66. The highest BCUT2D eigenvalue weighted by molar-refractivity contribution is 6.44. The molecule has 0 fully saturated rings. The minimum Gasteiger partial charge on any atom is -0.497 e. The summed E-state index contributed by atoms with van der Waals surface area (Å²) in [5, 5.41) is 0. The number of nitrogens with two attached hydrogens (primary N) is 1. The number of methoxy groups -OCH3 is 1. The number of amides is 1. The summed E-state index contributed by atoms with van der Waals surface area (Å²) >= 11 is 0. The predicted octanol–water partition coefficient (Wildman–Crippen LogP) is 4.18. The molecule has 4 rings (SSSR count). The number of aromatic nitrogens is 1. The molecule has 2 aromatic carbocycles. The van der Waals surface area contributed by atoms with E-state index in [4.69, 9.17) is 10.5 Å². The lowest BCUT2D eigenvalue weighted by atomic mass is 9.95. The second-order valence-corrected chi connectivity index (χ2v) is 7.16. The van der Waals surface area contributed by atoms with Crippen molar-refractivity contribution >= 4 is 17.2 Å². The molecule has 30 heavy (non-hydrogen) atoms. The highest BCUT2D eigenvalue weighted by atomic mass is 16.5. The zero-order valence-corrected chi connectivity index (χ0v) is 16.9. The van der Waals surface area contributed by atoms with Gasteiger partial charge in [-0.2, -0.15) is 0 Å². The van der Waals surface area contributed by atoms with Crippen LogP contribution in [0, 0.1) is 6.92 Å². The Morgan fingerprint density at radius 3 is 2.40 bits per heavy atom. The van der Waals surface area contributed by atoms with Gasteiger partial charge in [0.1, 0.15) is 5.75 Å². The molecular formula is C25H22N2O3. The van der Waals surface area contributed by atoms with Crippen LogP contribution in [0.2, 0.25) is 0 Å². The van der Waals surface area contributed by atoms with Gasteiger partial charge in [0.25, 0.3) is 11.7 Å². The molecule has 0 aliphatic heterocycles. The molecule has 0 aliphatic rings. The van der Waals surface area contributed by atoms with Crippen LogP contribution < -0.4 is 10.5 Å². The summed E-state index contributed by atoms with van der Waals surface area (Å²) in [6.45, 7) is 1.86. The quantitative estimate of drug-likeness (QED) is 0.391. The Labute approximate surface area is 174 Å². The van der Waals surface area contributed by atoms with E-state index in [1.807, 2.05) is 53.9 Å². The summed E-state index contributed by atoms with van der Waals surface area (Å²) in [7, 11) is 1.56.